The predicted octanol–water partition coefficient (Wildman–Crippen LogP) is 3.69. The van der Waals surface area contributed by atoms with E-state index in [0.717, 1.165) is 23.1 Å². The van der Waals surface area contributed by atoms with Crippen LogP contribution in [-0.4, -0.2) is 22.4 Å². The lowest BCUT2D eigenvalue weighted by Crippen LogP contribution is -2.36. The average molecular weight is 330 g/mol. The molecule has 1 rings (SSSR count). The lowest BCUT2D eigenvalue weighted by atomic mass is 9.78. The predicted molar refractivity (Wildman–Crippen MR) is 85.4 cm³/mol. The van der Waals surface area contributed by atoms with E-state index in [1.807, 2.05) is 18.7 Å². The van der Waals surface area contributed by atoms with Crippen LogP contribution in [0.2, 0.25) is 0 Å². The SMILES string of the molecule is Cc1nn(C)c(CC(CNC(C)C)C(C)(C)C)c1Br. The van der Waals surface area contributed by atoms with Crippen molar-refractivity contribution in [1.29, 1.82) is 0 Å². The second kappa shape index (κ2) is 6.40. The van der Waals surface area contributed by atoms with E-state index in [2.05, 4.69) is 61.0 Å². The molecule has 0 aliphatic carbocycles. The molecule has 1 atom stereocenters. The standard InChI is InChI=1S/C15H28BrN3/c1-10(2)17-9-12(15(4,5)6)8-13-14(16)11(3)18-19(13)7/h10,12,17H,8-9H2,1-7H3. The Morgan fingerprint density at radius 3 is 2.26 bits per heavy atom. The second-order valence-electron chi connectivity index (χ2n) is 6.80. The minimum absolute atomic E-state index is 0.277. The summed E-state index contributed by atoms with van der Waals surface area (Å²) in [7, 11) is 2.03. The molecule has 0 saturated heterocycles. The van der Waals surface area contributed by atoms with Crippen LogP contribution >= 0.6 is 15.9 Å². The number of aromatic nitrogens is 2. The van der Waals surface area contributed by atoms with E-state index in [1.165, 1.54) is 5.69 Å². The quantitative estimate of drug-likeness (QED) is 0.892. The highest BCUT2D eigenvalue weighted by molar-refractivity contribution is 9.10. The summed E-state index contributed by atoms with van der Waals surface area (Å²) in [5.41, 5.74) is 2.64. The average Bonchev–Trinajstić information content (AvgIpc) is 2.47. The molecule has 1 aromatic rings. The van der Waals surface area contributed by atoms with Gasteiger partial charge < -0.3 is 5.32 Å². The highest BCUT2D eigenvalue weighted by Crippen LogP contribution is 2.31. The van der Waals surface area contributed by atoms with E-state index in [-0.39, 0.29) is 5.41 Å². The Morgan fingerprint density at radius 1 is 1.32 bits per heavy atom. The van der Waals surface area contributed by atoms with Crippen LogP contribution < -0.4 is 5.32 Å². The molecule has 0 fully saturated rings. The molecule has 1 N–H and O–H groups in total. The van der Waals surface area contributed by atoms with Gasteiger partial charge in [0.1, 0.15) is 0 Å². The molecule has 3 nitrogen and oxygen atoms in total. The number of nitrogens with zero attached hydrogens (tertiary/aromatic N) is 2. The summed E-state index contributed by atoms with van der Waals surface area (Å²) in [6.45, 7) is 14.4. The first-order valence-corrected chi connectivity index (χ1v) is 7.83. The van der Waals surface area contributed by atoms with Crippen molar-refractivity contribution in [1.82, 2.24) is 15.1 Å². The lowest BCUT2D eigenvalue weighted by molar-refractivity contribution is 0.223. The summed E-state index contributed by atoms with van der Waals surface area (Å²) in [4.78, 5) is 0. The molecule has 0 bridgehead atoms. The Morgan fingerprint density at radius 2 is 1.89 bits per heavy atom. The molecule has 1 aromatic heterocycles. The van der Waals surface area contributed by atoms with Gasteiger partial charge in [0.2, 0.25) is 0 Å². The highest BCUT2D eigenvalue weighted by atomic mass is 79.9. The summed E-state index contributed by atoms with van der Waals surface area (Å²) >= 11 is 3.67. The minimum atomic E-state index is 0.277. The molecular weight excluding hydrogens is 302 g/mol. The number of hydrogen-bond donors (Lipinski definition) is 1. The summed E-state index contributed by atoms with van der Waals surface area (Å²) < 4.78 is 3.17. The summed E-state index contributed by atoms with van der Waals surface area (Å²) in [6, 6.07) is 0.529. The zero-order valence-corrected chi connectivity index (χ0v) is 14.9. The fourth-order valence-electron chi connectivity index (χ4n) is 2.20. The fraction of sp³-hybridized carbons (Fsp3) is 0.800. The molecule has 4 heteroatoms. The number of rotatable bonds is 5. The van der Waals surface area contributed by atoms with Crippen LogP contribution in [0.4, 0.5) is 0 Å². The number of aryl methyl sites for hydroxylation is 2. The molecule has 0 aromatic carbocycles. The second-order valence-corrected chi connectivity index (χ2v) is 7.59. The van der Waals surface area contributed by atoms with E-state index in [9.17, 15) is 0 Å². The molecule has 1 heterocycles. The molecule has 0 radical (unpaired) electrons. The molecule has 1 unspecified atom stereocenters. The normalized spacial score (nSPS) is 14.2. The maximum absolute atomic E-state index is 4.49. The largest absolute Gasteiger partial charge is 0.314 e. The van der Waals surface area contributed by atoms with Gasteiger partial charge in [-0.25, -0.2) is 0 Å². The smallest absolute Gasteiger partial charge is 0.0738 e. The third kappa shape index (κ3) is 4.60. The van der Waals surface area contributed by atoms with Gasteiger partial charge in [-0.15, -0.1) is 0 Å². The van der Waals surface area contributed by atoms with Gasteiger partial charge in [0.15, 0.2) is 0 Å². The maximum Gasteiger partial charge on any atom is 0.0738 e. The van der Waals surface area contributed by atoms with Crippen LogP contribution in [0.1, 0.15) is 46.0 Å². The van der Waals surface area contributed by atoms with Crippen LogP contribution in [0.5, 0.6) is 0 Å². The van der Waals surface area contributed by atoms with Crippen molar-refractivity contribution in [2.45, 2.75) is 54.0 Å². The molecular formula is C15H28BrN3. The van der Waals surface area contributed by atoms with E-state index >= 15 is 0 Å². The van der Waals surface area contributed by atoms with Crippen LogP contribution in [-0.2, 0) is 13.5 Å². The lowest BCUT2D eigenvalue weighted by Gasteiger charge is -2.32. The van der Waals surface area contributed by atoms with Crippen molar-refractivity contribution >= 4 is 15.9 Å². The third-order valence-corrected chi connectivity index (χ3v) is 4.73. The molecule has 0 aliphatic rings. The first-order valence-electron chi connectivity index (χ1n) is 7.04. The van der Waals surface area contributed by atoms with E-state index in [0.29, 0.717) is 12.0 Å². The van der Waals surface area contributed by atoms with E-state index in [4.69, 9.17) is 0 Å². The molecule has 0 saturated carbocycles. The molecule has 0 spiro atoms. The molecule has 19 heavy (non-hydrogen) atoms. The maximum atomic E-state index is 4.49. The van der Waals surface area contributed by atoms with Gasteiger partial charge in [0.25, 0.3) is 0 Å². The number of halogens is 1. The van der Waals surface area contributed by atoms with E-state index in [1.54, 1.807) is 0 Å². The highest BCUT2D eigenvalue weighted by Gasteiger charge is 2.27. The Bertz CT molecular complexity index is 416. The molecule has 110 valence electrons. The van der Waals surface area contributed by atoms with Crippen molar-refractivity contribution in [3.05, 3.63) is 15.9 Å². The van der Waals surface area contributed by atoms with Gasteiger partial charge in [0, 0.05) is 13.1 Å². The number of hydrogen-bond acceptors (Lipinski definition) is 2. The topological polar surface area (TPSA) is 29.9 Å². The van der Waals surface area contributed by atoms with Crippen LogP contribution in [0.15, 0.2) is 4.47 Å². The molecule has 0 aliphatic heterocycles. The van der Waals surface area contributed by atoms with Crippen molar-refractivity contribution in [2.75, 3.05) is 6.54 Å². The number of nitrogens with one attached hydrogen (secondary N) is 1. The van der Waals surface area contributed by atoms with Gasteiger partial charge in [-0.2, -0.15) is 5.10 Å². The monoisotopic (exact) mass is 329 g/mol. The van der Waals surface area contributed by atoms with Crippen LogP contribution in [0.25, 0.3) is 0 Å². The van der Waals surface area contributed by atoms with Gasteiger partial charge in [-0.05, 0) is 47.2 Å². The zero-order chi connectivity index (χ0) is 14.8. The zero-order valence-electron chi connectivity index (χ0n) is 13.3. The van der Waals surface area contributed by atoms with Gasteiger partial charge in [-0.1, -0.05) is 34.6 Å². The third-order valence-electron chi connectivity index (χ3n) is 3.70. The van der Waals surface area contributed by atoms with Gasteiger partial charge >= 0.3 is 0 Å². The molecule has 0 amide bonds. The summed E-state index contributed by atoms with van der Waals surface area (Å²) in [6.07, 6.45) is 1.04. The van der Waals surface area contributed by atoms with Crippen LogP contribution in [0, 0.1) is 18.3 Å². The Hall–Kier alpha value is -0.350. The van der Waals surface area contributed by atoms with Crippen molar-refractivity contribution in [3.63, 3.8) is 0 Å². The van der Waals surface area contributed by atoms with Gasteiger partial charge in [-0.3, -0.25) is 4.68 Å². The first kappa shape index (κ1) is 16.7. The van der Waals surface area contributed by atoms with Crippen molar-refractivity contribution in [2.24, 2.45) is 18.4 Å². The van der Waals surface area contributed by atoms with Crippen molar-refractivity contribution in [3.8, 4) is 0 Å². The van der Waals surface area contributed by atoms with Crippen LogP contribution in [0.3, 0.4) is 0 Å². The minimum Gasteiger partial charge on any atom is -0.314 e. The summed E-state index contributed by atoms with van der Waals surface area (Å²) in [5.74, 6) is 0.584. The van der Waals surface area contributed by atoms with Gasteiger partial charge in [0.05, 0.1) is 15.9 Å². The Labute approximate surface area is 126 Å². The van der Waals surface area contributed by atoms with E-state index < -0.39 is 0 Å². The Balaban J connectivity index is 2.88. The summed E-state index contributed by atoms with van der Waals surface area (Å²) in [5, 5.41) is 8.06. The van der Waals surface area contributed by atoms with Crippen molar-refractivity contribution < 1.29 is 0 Å². The fourth-order valence-corrected chi connectivity index (χ4v) is 2.70. The Kier molecular flexibility index (Phi) is 5.63. The first-order chi connectivity index (χ1) is 8.62.